The Morgan fingerprint density at radius 2 is 1.95 bits per heavy atom. The molecular formula is C15H23NO2S2. The van der Waals surface area contributed by atoms with Gasteiger partial charge in [0.15, 0.2) is 9.84 Å². The predicted molar refractivity (Wildman–Crippen MR) is 85.9 cm³/mol. The summed E-state index contributed by atoms with van der Waals surface area (Å²) in [6, 6.07) is 7.68. The van der Waals surface area contributed by atoms with E-state index in [1.165, 1.54) is 18.4 Å². The highest BCUT2D eigenvalue weighted by molar-refractivity contribution is 7.99. The van der Waals surface area contributed by atoms with Gasteiger partial charge in [-0.1, -0.05) is 26.0 Å². The van der Waals surface area contributed by atoms with E-state index in [1.54, 1.807) is 12.1 Å². The Labute approximate surface area is 126 Å². The highest BCUT2D eigenvalue weighted by Crippen LogP contribution is 2.34. The molecule has 1 heterocycles. The molecule has 1 aliphatic heterocycles. The molecule has 0 bridgehead atoms. The molecule has 1 aromatic rings. The molecule has 1 aromatic carbocycles. The molecule has 20 heavy (non-hydrogen) atoms. The maximum Gasteiger partial charge on any atom is 0.175 e. The van der Waals surface area contributed by atoms with E-state index in [9.17, 15) is 8.42 Å². The first-order valence-electron chi connectivity index (χ1n) is 6.89. The third-order valence-corrected chi connectivity index (χ3v) is 6.21. The third kappa shape index (κ3) is 3.99. The van der Waals surface area contributed by atoms with Crippen LogP contribution < -0.4 is 5.32 Å². The van der Waals surface area contributed by atoms with Crippen LogP contribution in [-0.2, 0) is 16.4 Å². The first kappa shape index (κ1) is 15.9. The summed E-state index contributed by atoms with van der Waals surface area (Å²) in [5.41, 5.74) is 1.46. The number of benzene rings is 1. The number of thioether (sulfide) groups is 1. The average Bonchev–Trinajstić information content (AvgIpc) is 2.36. The summed E-state index contributed by atoms with van der Waals surface area (Å²) < 4.78 is 22.8. The molecule has 1 fully saturated rings. The van der Waals surface area contributed by atoms with E-state index < -0.39 is 9.84 Å². The van der Waals surface area contributed by atoms with E-state index in [1.807, 2.05) is 23.9 Å². The van der Waals surface area contributed by atoms with Gasteiger partial charge in [0.2, 0.25) is 0 Å². The first-order chi connectivity index (χ1) is 9.29. The van der Waals surface area contributed by atoms with Gasteiger partial charge in [-0.15, -0.1) is 0 Å². The van der Waals surface area contributed by atoms with Crippen LogP contribution in [0.1, 0.15) is 25.8 Å². The lowest BCUT2D eigenvalue weighted by Gasteiger charge is -2.39. The number of nitrogens with one attached hydrogen (secondary N) is 1. The summed E-state index contributed by atoms with van der Waals surface area (Å²) in [5.74, 6) is 2.39. The van der Waals surface area contributed by atoms with Gasteiger partial charge in [0.1, 0.15) is 0 Å². The standard InChI is InChI=1S/C15H23NO2S2/c1-15(2)8-9-19-11-14(15)16-10-12-4-6-13(7-5-12)20(3,17)18/h4-7,14,16H,8-11H2,1-3H3. The molecule has 5 heteroatoms. The number of rotatable bonds is 4. The minimum Gasteiger partial charge on any atom is -0.309 e. The number of hydrogen-bond acceptors (Lipinski definition) is 4. The van der Waals surface area contributed by atoms with Crippen molar-refractivity contribution in [3.8, 4) is 0 Å². The van der Waals surface area contributed by atoms with Gasteiger partial charge >= 0.3 is 0 Å². The fourth-order valence-corrected chi connectivity index (χ4v) is 4.64. The van der Waals surface area contributed by atoms with E-state index in [0.717, 1.165) is 17.9 Å². The van der Waals surface area contributed by atoms with Crippen molar-refractivity contribution in [2.24, 2.45) is 5.41 Å². The van der Waals surface area contributed by atoms with E-state index in [0.29, 0.717) is 16.4 Å². The summed E-state index contributed by atoms with van der Waals surface area (Å²) in [7, 11) is -3.10. The molecule has 1 N–H and O–H groups in total. The highest BCUT2D eigenvalue weighted by atomic mass is 32.2. The Balaban J connectivity index is 1.97. The monoisotopic (exact) mass is 313 g/mol. The van der Waals surface area contributed by atoms with Crippen LogP contribution in [0, 0.1) is 5.41 Å². The van der Waals surface area contributed by atoms with Crippen LogP contribution in [0.5, 0.6) is 0 Å². The maximum absolute atomic E-state index is 11.4. The Hall–Kier alpha value is -0.520. The lowest BCUT2D eigenvalue weighted by Crippen LogP contribution is -2.46. The van der Waals surface area contributed by atoms with E-state index in [2.05, 4.69) is 19.2 Å². The van der Waals surface area contributed by atoms with Crippen LogP contribution >= 0.6 is 11.8 Å². The minimum absolute atomic E-state index is 0.331. The van der Waals surface area contributed by atoms with Crippen molar-refractivity contribution < 1.29 is 8.42 Å². The normalized spacial score (nSPS) is 22.6. The zero-order chi connectivity index (χ0) is 14.8. The third-order valence-electron chi connectivity index (χ3n) is 4.02. The van der Waals surface area contributed by atoms with E-state index in [-0.39, 0.29) is 0 Å². The van der Waals surface area contributed by atoms with Crippen LogP contribution in [0.4, 0.5) is 0 Å². The second-order valence-electron chi connectivity index (χ2n) is 6.16. The van der Waals surface area contributed by atoms with Crippen molar-refractivity contribution in [2.45, 2.75) is 37.8 Å². The van der Waals surface area contributed by atoms with Crippen LogP contribution in [-0.4, -0.2) is 32.2 Å². The average molecular weight is 313 g/mol. The molecule has 0 spiro atoms. The van der Waals surface area contributed by atoms with Gasteiger partial charge < -0.3 is 5.32 Å². The van der Waals surface area contributed by atoms with Gasteiger partial charge in [-0.2, -0.15) is 11.8 Å². The maximum atomic E-state index is 11.4. The lowest BCUT2D eigenvalue weighted by molar-refractivity contribution is 0.245. The minimum atomic E-state index is -3.10. The molecule has 1 atom stereocenters. The van der Waals surface area contributed by atoms with Crippen molar-refractivity contribution in [3.05, 3.63) is 29.8 Å². The SMILES string of the molecule is CC1(C)CCSCC1NCc1ccc(S(C)(=O)=O)cc1. The topological polar surface area (TPSA) is 46.2 Å². The summed E-state index contributed by atoms with van der Waals surface area (Å²) in [5, 5.41) is 3.62. The van der Waals surface area contributed by atoms with Crippen molar-refractivity contribution in [1.29, 1.82) is 0 Å². The summed E-state index contributed by atoms with van der Waals surface area (Å²) >= 11 is 2.00. The summed E-state index contributed by atoms with van der Waals surface area (Å²) in [6.07, 6.45) is 2.48. The number of hydrogen-bond donors (Lipinski definition) is 1. The molecule has 0 amide bonds. The fourth-order valence-electron chi connectivity index (χ4n) is 2.37. The molecule has 3 nitrogen and oxygen atoms in total. The Kier molecular flexibility index (Phi) is 4.82. The van der Waals surface area contributed by atoms with Gasteiger partial charge in [-0.05, 0) is 35.3 Å². The molecular weight excluding hydrogens is 290 g/mol. The van der Waals surface area contributed by atoms with Gasteiger partial charge in [0, 0.05) is 24.6 Å². The zero-order valence-electron chi connectivity index (χ0n) is 12.3. The first-order valence-corrected chi connectivity index (χ1v) is 9.94. The summed E-state index contributed by atoms with van der Waals surface area (Å²) in [4.78, 5) is 0.384. The Morgan fingerprint density at radius 1 is 1.30 bits per heavy atom. The van der Waals surface area contributed by atoms with Crippen LogP contribution in [0.3, 0.4) is 0 Å². The smallest absolute Gasteiger partial charge is 0.175 e. The molecule has 112 valence electrons. The van der Waals surface area contributed by atoms with Crippen molar-refractivity contribution in [3.63, 3.8) is 0 Å². The van der Waals surface area contributed by atoms with Crippen molar-refractivity contribution >= 4 is 21.6 Å². The molecule has 1 aliphatic rings. The van der Waals surface area contributed by atoms with Crippen molar-refractivity contribution in [2.75, 3.05) is 17.8 Å². The van der Waals surface area contributed by atoms with E-state index in [4.69, 9.17) is 0 Å². The molecule has 0 aromatic heterocycles. The zero-order valence-corrected chi connectivity index (χ0v) is 14.0. The molecule has 0 aliphatic carbocycles. The highest BCUT2D eigenvalue weighted by Gasteiger charge is 2.31. The van der Waals surface area contributed by atoms with Crippen LogP contribution in [0.25, 0.3) is 0 Å². The van der Waals surface area contributed by atoms with Gasteiger partial charge in [-0.3, -0.25) is 0 Å². The molecule has 2 rings (SSSR count). The second kappa shape index (κ2) is 6.08. The lowest BCUT2D eigenvalue weighted by atomic mass is 9.82. The Bertz CT molecular complexity index is 550. The second-order valence-corrected chi connectivity index (χ2v) is 9.33. The van der Waals surface area contributed by atoms with Crippen molar-refractivity contribution in [1.82, 2.24) is 5.32 Å². The molecule has 1 unspecified atom stereocenters. The number of sulfone groups is 1. The quantitative estimate of drug-likeness (QED) is 0.928. The van der Waals surface area contributed by atoms with E-state index >= 15 is 0 Å². The molecule has 0 saturated carbocycles. The van der Waals surface area contributed by atoms with Gasteiger partial charge in [0.05, 0.1) is 4.90 Å². The predicted octanol–water partition coefficient (Wildman–Crippen LogP) is 2.71. The van der Waals surface area contributed by atoms with Crippen LogP contribution in [0.2, 0.25) is 0 Å². The summed E-state index contributed by atoms with van der Waals surface area (Å²) in [6.45, 7) is 5.42. The van der Waals surface area contributed by atoms with Gasteiger partial charge in [0.25, 0.3) is 0 Å². The molecule has 0 radical (unpaired) electrons. The largest absolute Gasteiger partial charge is 0.309 e. The Morgan fingerprint density at radius 3 is 2.50 bits per heavy atom. The van der Waals surface area contributed by atoms with Crippen LogP contribution in [0.15, 0.2) is 29.2 Å². The molecule has 1 saturated heterocycles. The fraction of sp³-hybridized carbons (Fsp3) is 0.600. The van der Waals surface area contributed by atoms with Gasteiger partial charge in [-0.25, -0.2) is 8.42 Å².